The SMILES string of the molecule is CO[Si](CCCSCCCNc1nc(N[C@@H](C)c2cccc3ccccc23)nc(OCCNC(=O)[C@@H](NC(=O)c2cc([N+](=O)[O-])cc([N+](=O)[O-])c2)c2ccccc2)n1)(OC)OC. The predicted molar refractivity (Wildman–Crippen MR) is 237 cm³/mol. The van der Waals surface area contributed by atoms with Crippen molar-refractivity contribution in [2.24, 2.45) is 0 Å². The van der Waals surface area contributed by atoms with Crippen LogP contribution >= 0.6 is 11.8 Å². The summed E-state index contributed by atoms with van der Waals surface area (Å²) in [6, 6.07) is 24.3. The van der Waals surface area contributed by atoms with Crippen LogP contribution in [0.2, 0.25) is 6.04 Å². The topological polar surface area (TPSA) is 244 Å². The van der Waals surface area contributed by atoms with Crippen molar-refractivity contribution in [3.05, 3.63) is 128 Å². The summed E-state index contributed by atoms with van der Waals surface area (Å²) < 4.78 is 22.4. The highest BCUT2D eigenvalue weighted by atomic mass is 32.2. The molecule has 0 bridgehead atoms. The first-order valence-corrected chi connectivity index (χ1v) is 22.7. The van der Waals surface area contributed by atoms with Crippen LogP contribution < -0.4 is 26.0 Å². The van der Waals surface area contributed by atoms with Crippen LogP contribution in [-0.2, 0) is 18.1 Å². The molecule has 0 unspecified atom stereocenters. The van der Waals surface area contributed by atoms with Gasteiger partial charge in [0.15, 0.2) is 0 Å². The van der Waals surface area contributed by atoms with Crippen molar-refractivity contribution in [3.8, 4) is 6.01 Å². The van der Waals surface area contributed by atoms with Gasteiger partial charge in [0, 0.05) is 46.1 Å². The molecular weight excluding hydrogens is 839 g/mol. The zero-order valence-corrected chi connectivity index (χ0v) is 36.5. The number of nitro groups is 2. The molecule has 4 N–H and O–H groups in total. The number of hydrogen-bond donors (Lipinski definition) is 4. The Balaban J connectivity index is 1.23. The molecule has 4 aromatic carbocycles. The monoisotopic (exact) mass is 887 g/mol. The molecule has 0 aliphatic carbocycles. The molecule has 21 heteroatoms. The molecule has 2 amide bonds. The van der Waals surface area contributed by atoms with Gasteiger partial charge in [-0.2, -0.15) is 26.7 Å². The van der Waals surface area contributed by atoms with E-state index in [1.54, 1.807) is 51.7 Å². The number of carbonyl (C=O) groups is 2. The van der Waals surface area contributed by atoms with E-state index in [1.165, 1.54) is 0 Å². The van der Waals surface area contributed by atoms with Gasteiger partial charge in [-0.15, -0.1) is 0 Å². The predicted octanol–water partition coefficient (Wildman–Crippen LogP) is 6.48. The maximum Gasteiger partial charge on any atom is 0.500 e. The molecule has 5 aromatic rings. The van der Waals surface area contributed by atoms with E-state index >= 15 is 0 Å². The number of anilines is 2. The highest BCUT2D eigenvalue weighted by molar-refractivity contribution is 7.99. The Hall–Kier alpha value is -6.26. The standard InChI is InChI=1S/C41H49N9O10SSi/c1-28(34-18-10-16-29-13-8-9-17-35(29)34)44-40-46-39(43-19-11-22-61-23-12-24-62(57-2,58-3)59-4)47-41(48-40)60-21-20-42-38(52)36(30-14-6-5-7-15-30)45-37(51)31-25-32(49(53)54)27-33(26-31)50(55)56/h5-10,13-18,25-28,36H,11-12,19-24H2,1-4H3,(H,42,52)(H,45,51)(H2,43,44,46,47,48)/t28-,36-/m0/s1. The van der Waals surface area contributed by atoms with E-state index in [-0.39, 0.29) is 36.7 Å². The summed E-state index contributed by atoms with van der Waals surface area (Å²) in [6.07, 6.45) is 1.72. The van der Waals surface area contributed by atoms with Gasteiger partial charge in [-0.05, 0) is 53.2 Å². The zero-order chi connectivity index (χ0) is 44.5. The first-order valence-electron chi connectivity index (χ1n) is 19.6. The van der Waals surface area contributed by atoms with E-state index in [0.717, 1.165) is 64.9 Å². The third-order valence-corrected chi connectivity index (χ3v) is 13.6. The second kappa shape index (κ2) is 23.1. The van der Waals surface area contributed by atoms with Crippen LogP contribution in [0.4, 0.5) is 23.3 Å². The average molecular weight is 888 g/mol. The van der Waals surface area contributed by atoms with Crippen molar-refractivity contribution in [1.29, 1.82) is 0 Å². The number of nitrogens with one attached hydrogen (secondary N) is 4. The number of rotatable bonds is 25. The summed E-state index contributed by atoms with van der Waals surface area (Å²) in [5.41, 5.74) is -0.209. The van der Waals surface area contributed by atoms with E-state index < -0.39 is 47.9 Å². The molecule has 1 heterocycles. The van der Waals surface area contributed by atoms with Crippen LogP contribution in [0.1, 0.15) is 53.3 Å². The van der Waals surface area contributed by atoms with Gasteiger partial charge in [0.1, 0.15) is 12.6 Å². The Morgan fingerprint density at radius 3 is 2.13 bits per heavy atom. The lowest BCUT2D eigenvalue weighted by Gasteiger charge is -2.24. The first-order chi connectivity index (χ1) is 29.9. The van der Waals surface area contributed by atoms with Crippen molar-refractivity contribution in [1.82, 2.24) is 25.6 Å². The number of thioether (sulfide) groups is 1. The van der Waals surface area contributed by atoms with E-state index in [2.05, 4.69) is 54.4 Å². The number of carbonyl (C=O) groups excluding carboxylic acids is 2. The quantitative estimate of drug-likeness (QED) is 0.0212. The summed E-state index contributed by atoms with van der Waals surface area (Å²) in [7, 11) is 2.23. The molecule has 2 atom stereocenters. The van der Waals surface area contributed by atoms with Gasteiger partial charge in [0.25, 0.3) is 17.3 Å². The smallest absolute Gasteiger partial charge is 0.461 e. The number of fused-ring (bicyclic) bond motifs is 1. The molecule has 0 spiro atoms. The van der Waals surface area contributed by atoms with Crippen LogP contribution in [0.25, 0.3) is 10.8 Å². The largest absolute Gasteiger partial charge is 0.500 e. The number of hydrogen-bond acceptors (Lipinski definition) is 16. The molecule has 1 aromatic heterocycles. The molecular formula is C41H49N9O10SSi. The molecule has 0 aliphatic rings. The third kappa shape index (κ3) is 13.1. The van der Waals surface area contributed by atoms with E-state index in [9.17, 15) is 29.8 Å². The number of nitrogens with zero attached hydrogens (tertiary/aromatic N) is 5. The fourth-order valence-corrected chi connectivity index (χ4v) is 9.28. The zero-order valence-electron chi connectivity index (χ0n) is 34.7. The minimum absolute atomic E-state index is 0.000927. The Kier molecular flexibility index (Phi) is 17.4. The fraction of sp³-hybridized carbons (Fsp3) is 0.341. The van der Waals surface area contributed by atoms with Gasteiger partial charge in [0.2, 0.25) is 17.8 Å². The molecule has 0 aliphatic heterocycles. The molecule has 0 fully saturated rings. The van der Waals surface area contributed by atoms with E-state index in [0.29, 0.717) is 18.1 Å². The second-order valence-corrected chi connectivity index (χ2v) is 18.0. The number of benzene rings is 4. The van der Waals surface area contributed by atoms with Gasteiger partial charge in [-0.3, -0.25) is 29.8 Å². The van der Waals surface area contributed by atoms with Gasteiger partial charge < -0.3 is 39.3 Å². The number of non-ortho nitro benzene ring substituents is 2. The summed E-state index contributed by atoms with van der Waals surface area (Å²) in [5, 5.41) is 37.0. The van der Waals surface area contributed by atoms with Crippen LogP contribution in [0.3, 0.4) is 0 Å². The maximum atomic E-state index is 13.6. The summed E-state index contributed by atoms with van der Waals surface area (Å²) in [6.45, 7) is 2.47. The van der Waals surface area contributed by atoms with Gasteiger partial charge >= 0.3 is 14.8 Å². The number of ether oxygens (including phenoxy) is 1. The van der Waals surface area contributed by atoms with E-state index in [1.807, 2.05) is 43.0 Å². The normalized spacial score (nSPS) is 12.3. The van der Waals surface area contributed by atoms with Crippen molar-refractivity contribution in [3.63, 3.8) is 0 Å². The molecule has 5 rings (SSSR count). The summed E-state index contributed by atoms with van der Waals surface area (Å²) in [4.78, 5) is 61.7. The highest BCUT2D eigenvalue weighted by Gasteiger charge is 2.36. The first kappa shape index (κ1) is 46.8. The molecule has 0 saturated carbocycles. The van der Waals surface area contributed by atoms with E-state index in [4.69, 9.17) is 18.0 Å². The van der Waals surface area contributed by atoms with Crippen LogP contribution in [0.5, 0.6) is 6.01 Å². The Morgan fingerprint density at radius 2 is 1.44 bits per heavy atom. The number of amides is 2. The molecule has 0 radical (unpaired) electrons. The van der Waals surface area contributed by atoms with Crippen molar-refractivity contribution < 1.29 is 37.5 Å². The number of aromatic nitrogens is 3. The Morgan fingerprint density at radius 1 is 0.790 bits per heavy atom. The van der Waals surface area contributed by atoms with Crippen molar-refractivity contribution in [2.75, 3.05) is 63.2 Å². The lowest BCUT2D eigenvalue weighted by Crippen LogP contribution is -2.42. The summed E-state index contributed by atoms with van der Waals surface area (Å²) >= 11 is 1.81. The Bertz CT molecular complexity index is 2260. The number of nitro benzene ring substituents is 2. The minimum atomic E-state index is -2.60. The molecule has 62 heavy (non-hydrogen) atoms. The molecule has 0 saturated heterocycles. The second-order valence-electron chi connectivity index (χ2n) is 13.7. The summed E-state index contributed by atoms with van der Waals surface area (Å²) in [5.74, 6) is 0.816. The fourth-order valence-electron chi connectivity index (χ4n) is 6.40. The van der Waals surface area contributed by atoms with Crippen LogP contribution in [-0.4, -0.2) is 97.9 Å². The van der Waals surface area contributed by atoms with Gasteiger partial charge in [-0.1, -0.05) is 72.8 Å². The van der Waals surface area contributed by atoms with Crippen LogP contribution in [0.15, 0.2) is 91.0 Å². The maximum absolute atomic E-state index is 13.6. The molecule has 328 valence electrons. The third-order valence-electron chi connectivity index (χ3n) is 9.59. The van der Waals surface area contributed by atoms with Crippen molar-refractivity contribution >= 4 is 66.4 Å². The Labute approximate surface area is 363 Å². The molecule has 19 nitrogen and oxygen atoms in total. The van der Waals surface area contributed by atoms with Gasteiger partial charge in [0.05, 0.1) is 34.1 Å². The van der Waals surface area contributed by atoms with Crippen LogP contribution in [0, 0.1) is 20.2 Å². The average Bonchev–Trinajstić information content (AvgIpc) is 3.29. The van der Waals surface area contributed by atoms with Crippen molar-refractivity contribution in [2.45, 2.75) is 37.9 Å². The minimum Gasteiger partial charge on any atom is -0.461 e. The lowest BCUT2D eigenvalue weighted by atomic mass is 10.00. The highest BCUT2D eigenvalue weighted by Crippen LogP contribution is 2.27. The lowest BCUT2D eigenvalue weighted by molar-refractivity contribution is -0.394. The van der Waals surface area contributed by atoms with Gasteiger partial charge in [-0.25, -0.2) is 0 Å².